The molecule has 0 atom stereocenters. The monoisotopic (exact) mass is 311 g/mol. The van der Waals surface area contributed by atoms with E-state index in [0.29, 0.717) is 0 Å². The van der Waals surface area contributed by atoms with Gasteiger partial charge in [-0.2, -0.15) is 0 Å². The van der Waals surface area contributed by atoms with Crippen LogP contribution in [0, 0.1) is 6.92 Å². The van der Waals surface area contributed by atoms with Gasteiger partial charge in [0.05, 0.1) is 26.7 Å². The Hall–Kier alpha value is -0.0400. The molecule has 0 bridgehead atoms. The second-order valence-electron chi connectivity index (χ2n) is 7.53. The van der Waals surface area contributed by atoms with Crippen LogP contribution < -0.4 is 0 Å². The number of unbranched alkanes of at least 4 members (excludes halogenated alkanes) is 11. The molecule has 0 rings (SSSR count). The first kappa shape index (κ1) is 22.0. The minimum absolute atomic E-state index is 1.10. The highest BCUT2D eigenvalue weighted by Gasteiger charge is 2.19. The molecule has 1 radical (unpaired) electrons. The third kappa shape index (κ3) is 13.6. The second-order valence-corrected chi connectivity index (χ2v) is 7.53. The zero-order chi connectivity index (χ0) is 16.5. The Balaban J connectivity index is 3.84. The molecular weight excluding hydrogens is 266 g/mol. The molecule has 0 N–H and O–H groups in total. The van der Waals surface area contributed by atoms with E-state index in [0.717, 1.165) is 6.42 Å². The van der Waals surface area contributed by atoms with Crippen LogP contribution in [0.15, 0.2) is 0 Å². The average molecular weight is 312 g/mol. The number of quaternary nitrogens is 1. The molecule has 0 aliphatic carbocycles. The number of hydrogen-bond donors (Lipinski definition) is 0. The summed E-state index contributed by atoms with van der Waals surface area (Å²) < 4.78 is 1.30. The highest BCUT2D eigenvalue weighted by atomic mass is 15.3. The van der Waals surface area contributed by atoms with Crippen molar-refractivity contribution >= 4 is 0 Å². The zero-order valence-electron chi connectivity index (χ0n) is 16.2. The number of hydrogen-bond acceptors (Lipinski definition) is 0. The lowest BCUT2D eigenvalue weighted by Crippen LogP contribution is -2.46. The molecule has 0 aromatic rings. The smallest absolute Gasteiger partial charge is 0.0784 e. The van der Waals surface area contributed by atoms with Crippen LogP contribution in [0.1, 0.15) is 104 Å². The van der Waals surface area contributed by atoms with Crippen LogP contribution in [0.25, 0.3) is 0 Å². The van der Waals surface area contributed by atoms with Crippen molar-refractivity contribution in [3.8, 4) is 0 Å². The van der Waals surface area contributed by atoms with E-state index in [9.17, 15) is 0 Å². The quantitative estimate of drug-likeness (QED) is 0.205. The van der Waals surface area contributed by atoms with Gasteiger partial charge >= 0.3 is 0 Å². The zero-order valence-corrected chi connectivity index (χ0v) is 16.2. The lowest BCUT2D eigenvalue weighted by molar-refractivity contribution is -0.910. The van der Waals surface area contributed by atoms with Gasteiger partial charge in [-0.15, -0.1) is 0 Å². The van der Waals surface area contributed by atoms with Crippen molar-refractivity contribution in [2.75, 3.05) is 26.7 Å². The van der Waals surface area contributed by atoms with Gasteiger partial charge < -0.3 is 4.48 Å². The van der Waals surface area contributed by atoms with E-state index in [1.165, 1.54) is 108 Å². The summed E-state index contributed by atoms with van der Waals surface area (Å²) in [6, 6.07) is 0. The van der Waals surface area contributed by atoms with E-state index >= 15 is 0 Å². The lowest BCUT2D eigenvalue weighted by Gasteiger charge is -2.35. The molecule has 22 heavy (non-hydrogen) atoms. The van der Waals surface area contributed by atoms with E-state index in [4.69, 9.17) is 0 Å². The van der Waals surface area contributed by atoms with Gasteiger partial charge in [0, 0.05) is 0 Å². The van der Waals surface area contributed by atoms with Gasteiger partial charge in [0.15, 0.2) is 0 Å². The molecule has 0 saturated carbocycles. The van der Waals surface area contributed by atoms with Gasteiger partial charge in [-0.25, -0.2) is 0 Å². The summed E-state index contributed by atoms with van der Waals surface area (Å²) in [6.07, 6.45) is 19.4. The minimum Gasteiger partial charge on any atom is -0.326 e. The van der Waals surface area contributed by atoms with Crippen LogP contribution in [0.5, 0.6) is 0 Å². The molecule has 0 heterocycles. The third-order valence-electron chi connectivity index (χ3n) is 5.05. The van der Waals surface area contributed by atoms with Crippen LogP contribution in [0.2, 0.25) is 0 Å². The van der Waals surface area contributed by atoms with Crippen molar-refractivity contribution in [3.05, 3.63) is 6.92 Å². The summed E-state index contributed by atoms with van der Waals surface area (Å²) in [5.74, 6) is 0. The van der Waals surface area contributed by atoms with Crippen molar-refractivity contribution < 1.29 is 4.48 Å². The van der Waals surface area contributed by atoms with Gasteiger partial charge in [0.25, 0.3) is 0 Å². The molecule has 0 aromatic carbocycles. The molecule has 0 aliphatic heterocycles. The fourth-order valence-electron chi connectivity index (χ4n) is 3.38. The number of nitrogens with zero attached hydrogens (tertiary/aromatic N) is 1. The first-order valence-electron chi connectivity index (χ1n) is 10.3. The van der Waals surface area contributed by atoms with Gasteiger partial charge in [-0.1, -0.05) is 72.1 Å². The summed E-state index contributed by atoms with van der Waals surface area (Å²) in [6.45, 7) is 12.8. The predicted octanol–water partition coefficient (Wildman–Crippen LogP) is 6.77. The van der Waals surface area contributed by atoms with Crippen LogP contribution in [0.4, 0.5) is 0 Å². The average Bonchev–Trinajstić information content (AvgIpc) is 2.52. The minimum atomic E-state index is 1.10. The second kappa shape index (κ2) is 15.8. The fraction of sp³-hybridized carbons (Fsp3) is 0.952. The SMILES string of the molecule is [CH2]CCC[N+](C)(CCCCCCCC)CCCCCCCC. The predicted molar refractivity (Wildman–Crippen MR) is 102 cm³/mol. The van der Waals surface area contributed by atoms with Gasteiger partial charge in [0.2, 0.25) is 0 Å². The van der Waals surface area contributed by atoms with E-state index in [1.807, 2.05) is 0 Å². The van der Waals surface area contributed by atoms with Gasteiger partial charge in [-0.05, 0) is 38.5 Å². The fourth-order valence-corrected chi connectivity index (χ4v) is 3.38. The van der Waals surface area contributed by atoms with Crippen molar-refractivity contribution in [2.24, 2.45) is 0 Å². The molecule has 0 fully saturated rings. The topological polar surface area (TPSA) is 0 Å². The van der Waals surface area contributed by atoms with Gasteiger partial charge in [0.1, 0.15) is 0 Å². The summed E-state index contributed by atoms with van der Waals surface area (Å²) in [5.41, 5.74) is 0. The molecule has 1 heteroatoms. The maximum absolute atomic E-state index is 4.04. The molecule has 0 saturated heterocycles. The number of rotatable bonds is 17. The Kier molecular flexibility index (Phi) is 15.8. The molecule has 0 spiro atoms. The Morgan fingerprint density at radius 2 is 0.909 bits per heavy atom. The molecule has 0 unspecified atom stereocenters. The summed E-state index contributed by atoms with van der Waals surface area (Å²) in [5, 5.41) is 0. The Morgan fingerprint density at radius 1 is 0.545 bits per heavy atom. The first-order valence-corrected chi connectivity index (χ1v) is 10.3. The van der Waals surface area contributed by atoms with Crippen molar-refractivity contribution in [3.63, 3.8) is 0 Å². The maximum atomic E-state index is 4.04. The van der Waals surface area contributed by atoms with E-state index in [-0.39, 0.29) is 0 Å². The lowest BCUT2D eigenvalue weighted by atomic mass is 10.1. The van der Waals surface area contributed by atoms with E-state index < -0.39 is 0 Å². The molecular formula is C21H45N+. The summed E-state index contributed by atoms with van der Waals surface area (Å²) >= 11 is 0. The van der Waals surface area contributed by atoms with Crippen LogP contribution in [-0.4, -0.2) is 31.2 Å². The maximum Gasteiger partial charge on any atom is 0.0784 e. The van der Waals surface area contributed by atoms with Crippen LogP contribution >= 0.6 is 0 Å². The molecule has 0 aromatic heterocycles. The molecule has 0 aliphatic rings. The molecule has 1 nitrogen and oxygen atoms in total. The highest BCUT2D eigenvalue weighted by molar-refractivity contribution is 4.50. The Labute approximate surface area is 142 Å². The highest BCUT2D eigenvalue weighted by Crippen LogP contribution is 2.14. The van der Waals surface area contributed by atoms with Crippen molar-refractivity contribution in [2.45, 2.75) is 104 Å². The Morgan fingerprint density at radius 3 is 1.32 bits per heavy atom. The summed E-state index contributed by atoms with van der Waals surface area (Å²) in [4.78, 5) is 0. The largest absolute Gasteiger partial charge is 0.326 e. The third-order valence-corrected chi connectivity index (χ3v) is 5.05. The standard InChI is InChI=1S/C21H45N/c1-5-8-11-13-15-17-20-22(4,19-10-7-3)21-18-16-14-12-9-6-2/h3,5-21H2,1-2,4H3/q+1. The van der Waals surface area contributed by atoms with Crippen LogP contribution in [0.3, 0.4) is 0 Å². The molecule has 0 amide bonds. The normalized spacial score (nSPS) is 12.0. The Bertz CT molecular complexity index is 196. The van der Waals surface area contributed by atoms with Crippen molar-refractivity contribution in [1.29, 1.82) is 0 Å². The summed E-state index contributed by atoms with van der Waals surface area (Å²) in [7, 11) is 2.49. The van der Waals surface area contributed by atoms with E-state index in [2.05, 4.69) is 27.8 Å². The first-order chi connectivity index (χ1) is 10.7. The van der Waals surface area contributed by atoms with Crippen LogP contribution in [-0.2, 0) is 0 Å². The van der Waals surface area contributed by atoms with Crippen molar-refractivity contribution in [1.82, 2.24) is 0 Å². The van der Waals surface area contributed by atoms with Gasteiger partial charge in [-0.3, -0.25) is 0 Å². The molecule has 133 valence electrons. The van der Waals surface area contributed by atoms with E-state index in [1.54, 1.807) is 0 Å².